The summed E-state index contributed by atoms with van der Waals surface area (Å²) in [6.45, 7) is 0. The summed E-state index contributed by atoms with van der Waals surface area (Å²) in [5.74, 6) is 0.356. The van der Waals surface area contributed by atoms with Crippen molar-refractivity contribution in [1.82, 2.24) is 19.7 Å². The molecule has 2 aromatic heterocycles. The van der Waals surface area contributed by atoms with Crippen LogP contribution in [0.3, 0.4) is 0 Å². The summed E-state index contributed by atoms with van der Waals surface area (Å²) in [6.07, 6.45) is 0. The van der Waals surface area contributed by atoms with Crippen LogP contribution in [0.5, 0.6) is 0 Å². The third-order valence-electron chi connectivity index (χ3n) is 5.83. The van der Waals surface area contributed by atoms with E-state index in [1.807, 2.05) is 66.7 Å². The summed E-state index contributed by atoms with van der Waals surface area (Å²) in [5, 5.41) is 8.27. The van der Waals surface area contributed by atoms with Gasteiger partial charge in [0.1, 0.15) is 5.82 Å². The smallest absolute Gasteiger partial charge is 0.279 e. The third kappa shape index (κ3) is 3.75. The summed E-state index contributed by atoms with van der Waals surface area (Å²) in [5.41, 5.74) is 3.85. The van der Waals surface area contributed by atoms with Crippen molar-refractivity contribution in [3.8, 4) is 17.1 Å². The van der Waals surface area contributed by atoms with Gasteiger partial charge in [0, 0.05) is 16.6 Å². The number of para-hydroxylation sites is 3. The number of nitrogens with zero attached hydrogens (tertiary/aromatic N) is 3. The quantitative estimate of drug-likeness (QED) is 0.381. The maximum absolute atomic E-state index is 13.3. The van der Waals surface area contributed by atoms with Gasteiger partial charge in [-0.3, -0.25) is 9.59 Å². The number of nitrogens with one attached hydrogen (secondary N) is 2. The molecule has 35 heavy (non-hydrogen) atoms. The Kier molecular flexibility index (Phi) is 4.93. The summed E-state index contributed by atoms with van der Waals surface area (Å²) < 4.78 is 1.27. The Labute approximate surface area is 199 Å². The number of hydrogen-bond donors (Lipinski definition) is 2. The number of rotatable bonds is 4. The highest BCUT2D eigenvalue weighted by atomic mass is 16.2. The average molecular weight is 457 g/mol. The first kappa shape index (κ1) is 20.6. The van der Waals surface area contributed by atoms with Crippen LogP contribution in [0.4, 0.5) is 5.69 Å². The van der Waals surface area contributed by atoms with E-state index in [1.54, 1.807) is 36.4 Å². The first-order valence-electron chi connectivity index (χ1n) is 11.1. The van der Waals surface area contributed by atoms with E-state index >= 15 is 0 Å². The van der Waals surface area contributed by atoms with Crippen molar-refractivity contribution in [3.63, 3.8) is 0 Å². The molecule has 0 aliphatic heterocycles. The van der Waals surface area contributed by atoms with Crippen molar-refractivity contribution in [2.75, 3.05) is 5.32 Å². The second-order valence-electron chi connectivity index (χ2n) is 8.08. The SMILES string of the molecule is O=C(Nc1ccc(-c2nc3ccccc3[nH]2)cc1)c1nn(-c2ccccc2)c(=O)c2ccccc12. The Hall–Kier alpha value is -5.04. The van der Waals surface area contributed by atoms with Crippen molar-refractivity contribution in [2.45, 2.75) is 0 Å². The fourth-order valence-electron chi connectivity index (χ4n) is 4.09. The molecular formula is C28H19N5O2. The van der Waals surface area contributed by atoms with Crippen molar-refractivity contribution >= 4 is 33.4 Å². The van der Waals surface area contributed by atoms with E-state index in [2.05, 4.69) is 20.4 Å². The molecule has 1 amide bonds. The molecule has 6 aromatic rings. The van der Waals surface area contributed by atoms with E-state index in [0.717, 1.165) is 22.4 Å². The Morgan fingerprint density at radius 1 is 0.771 bits per heavy atom. The number of fused-ring (bicyclic) bond motifs is 2. The lowest BCUT2D eigenvalue weighted by atomic mass is 10.1. The predicted octanol–water partition coefficient (Wildman–Crippen LogP) is 5.18. The average Bonchev–Trinajstić information content (AvgIpc) is 3.34. The lowest BCUT2D eigenvalue weighted by Gasteiger charge is -2.11. The Morgan fingerprint density at radius 3 is 2.23 bits per heavy atom. The standard InChI is InChI=1S/C28H19N5O2/c34-27(29-19-16-14-18(15-17-19)26-30-23-12-6-7-13-24(23)31-26)25-21-10-4-5-11-22(21)28(35)33(32-25)20-8-2-1-3-9-20/h1-17H,(H,29,34)(H,30,31). The summed E-state index contributed by atoms with van der Waals surface area (Å²) >= 11 is 0. The van der Waals surface area contributed by atoms with Crippen molar-refractivity contribution < 1.29 is 4.79 Å². The number of carbonyl (C=O) groups excluding carboxylic acids is 1. The van der Waals surface area contributed by atoms with Gasteiger partial charge in [0.05, 0.1) is 22.1 Å². The van der Waals surface area contributed by atoms with E-state index < -0.39 is 5.91 Å². The Bertz CT molecular complexity index is 1720. The zero-order valence-corrected chi connectivity index (χ0v) is 18.5. The van der Waals surface area contributed by atoms with Crippen molar-refractivity contribution in [1.29, 1.82) is 0 Å². The Morgan fingerprint density at radius 2 is 1.46 bits per heavy atom. The molecule has 0 aliphatic carbocycles. The minimum absolute atomic E-state index is 0.172. The zero-order valence-electron chi connectivity index (χ0n) is 18.5. The van der Waals surface area contributed by atoms with E-state index in [-0.39, 0.29) is 11.3 Å². The topological polar surface area (TPSA) is 92.7 Å². The first-order valence-corrected chi connectivity index (χ1v) is 11.1. The normalized spacial score (nSPS) is 11.1. The maximum atomic E-state index is 13.3. The van der Waals surface area contributed by atoms with Gasteiger partial charge in [-0.05, 0) is 54.6 Å². The molecule has 0 unspecified atom stereocenters. The van der Waals surface area contributed by atoms with Crippen LogP contribution in [0.25, 0.3) is 38.9 Å². The highest BCUT2D eigenvalue weighted by Gasteiger charge is 2.18. The number of anilines is 1. The molecule has 0 saturated carbocycles. The van der Waals surface area contributed by atoms with E-state index in [1.165, 1.54) is 4.68 Å². The second-order valence-corrected chi connectivity index (χ2v) is 8.08. The van der Waals surface area contributed by atoms with Crippen LogP contribution in [0, 0.1) is 0 Å². The number of aromatic amines is 1. The van der Waals surface area contributed by atoms with Crippen LogP contribution in [-0.4, -0.2) is 25.7 Å². The van der Waals surface area contributed by atoms with Gasteiger partial charge >= 0.3 is 0 Å². The maximum Gasteiger partial charge on any atom is 0.279 e. The number of benzene rings is 4. The molecule has 7 heteroatoms. The third-order valence-corrected chi connectivity index (χ3v) is 5.83. The summed E-state index contributed by atoms with van der Waals surface area (Å²) in [6, 6.07) is 31.3. The van der Waals surface area contributed by atoms with Gasteiger partial charge in [-0.25, -0.2) is 4.98 Å². The van der Waals surface area contributed by atoms with Crippen LogP contribution in [0.2, 0.25) is 0 Å². The largest absolute Gasteiger partial charge is 0.338 e. The summed E-state index contributed by atoms with van der Waals surface area (Å²) in [4.78, 5) is 34.3. The van der Waals surface area contributed by atoms with E-state index in [0.29, 0.717) is 22.1 Å². The highest BCUT2D eigenvalue weighted by Crippen LogP contribution is 2.23. The second kappa shape index (κ2) is 8.39. The Balaban J connectivity index is 1.34. The molecule has 0 saturated heterocycles. The van der Waals surface area contributed by atoms with Gasteiger partial charge in [0.15, 0.2) is 5.69 Å². The van der Waals surface area contributed by atoms with Gasteiger partial charge in [0.2, 0.25) is 0 Å². The van der Waals surface area contributed by atoms with E-state index in [9.17, 15) is 9.59 Å². The zero-order chi connectivity index (χ0) is 23.8. The molecule has 0 atom stereocenters. The molecule has 6 rings (SSSR count). The lowest BCUT2D eigenvalue weighted by molar-refractivity contribution is 0.102. The van der Waals surface area contributed by atoms with Gasteiger partial charge in [0.25, 0.3) is 11.5 Å². The summed E-state index contributed by atoms with van der Waals surface area (Å²) in [7, 11) is 0. The fourth-order valence-corrected chi connectivity index (χ4v) is 4.09. The van der Waals surface area contributed by atoms with Crippen LogP contribution in [-0.2, 0) is 0 Å². The minimum atomic E-state index is -0.401. The van der Waals surface area contributed by atoms with E-state index in [4.69, 9.17) is 0 Å². The molecule has 2 N–H and O–H groups in total. The highest BCUT2D eigenvalue weighted by molar-refractivity contribution is 6.11. The van der Waals surface area contributed by atoms with Crippen molar-refractivity contribution in [3.05, 3.63) is 119 Å². The molecule has 2 heterocycles. The number of imidazole rings is 1. The van der Waals surface area contributed by atoms with Crippen molar-refractivity contribution in [2.24, 2.45) is 0 Å². The molecule has 4 aromatic carbocycles. The predicted molar refractivity (Wildman–Crippen MR) is 137 cm³/mol. The molecule has 168 valence electrons. The lowest BCUT2D eigenvalue weighted by Crippen LogP contribution is -2.26. The minimum Gasteiger partial charge on any atom is -0.338 e. The van der Waals surface area contributed by atoms with Crippen LogP contribution < -0.4 is 10.9 Å². The van der Waals surface area contributed by atoms with Gasteiger partial charge in [-0.1, -0.05) is 48.5 Å². The number of amides is 1. The van der Waals surface area contributed by atoms with Crippen LogP contribution in [0.1, 0.15) is 10.5 Å². The number of carbonyl (C=O) groups is 1. The van der Waals surface area contributed by atoms with Crippen LogP contribution >= 0.6 is 0 Å². The molecule has 0 fully saturated rings. The molecule has 0 bridgehead atoms. The van der Waals surface area contributed by atoms with Gasteiger partial charge in [-0.15, -0.1) is 0 Å². The number of hydrogen-bond acceptors (Lipinski definition) is 4. The molecule has 0 aliphatic rings. The molecule has 7 nitrogen and oxygen atoms in total. The molecular weight excluding hydrogens is 438 g/mol. The molecule has 0 radical (unpaired) electrons. The number of aromatic nitrogens is 4. The van der Waals surface area contributed by atoms with Gasteiger partial charge < -0.3 is 10.3 Å². The van der Waals surface area contributed by atoms with Crippen LogP contribution in [0.15, 0.2) is 108 Å². The first-order chi connectivity index (χ1) is 17.2. The fraction of sp³-hybridized carbons (Fsp3) is 0. The number of H-pyrrole nitrogens is 1. The monoisotopic (exact) mass is 457 g/mol. The molecule has 0 spiro atoms. The van der Waals surface area contributed by atoms with Gasteiger partial charge in [-0.2, -0.15) is 9.78 Å².